The van der Waals surface area contributed by atoms with Gasteiger partial charge in [-0.25, -0.2) is 4.39 Å². The third-order valence-electron chi connectivity index (χ3n) is 7.99. The molecule has 4 fully saturated rings. The first-order chi connectivity index (χ1) is 14.4. The van der Waals surface area contributed by atoms with Crippen LogP contribution in [0.25, 0.3) is 0 Å². The Morgan fingerprint density at radius 1 is 1.10 bits per heavy atom. The monoisotopic (exact) mass is 414 g/mol. The van der Waals surface area contributed by atoms with E-state index in [1.807, 2.05) is 0 Å². The second kappa shape index (κ2) is 7.63. The van der Waals surface area contributed by atoms with Crippen LogP contribution in [0.15, 0.2) is 24.3 Å². The number of carbonyl (C=O) groups excluding carboxylic acids is 2. The number of hydrogen-bond donors (Lipinski definition) is 1. The van der Waals surface area contributed by atoms with Gasteiger partial charge in [0.1, 0.15) is 17.6 Å². The van der Waals surface area contributed by atoms with Gasteiger partial charge in [-0.2, -0.15) is 0 Å². The largest absolute Gasteiger partial charge is 0.353 e. The summed E-state index contributed by atoms with van der Waals surface area (Å²) in [6.07, 6.45) is 8.14. The van der Waals surface area contributed by atoms with Gasteiger partial charge in [-0.15, -0.1) is 0 Å². The molecule has 1 aromatic rings. The number of rotatable bonds is 3. The molecule has 162 valence electrons. The van der Waals surface area contributed by atoms with Gasteiger partial charge in [0.25, 0.3) is 5.91 Å². The van der Waals surface area contributed by atoms with Crippen LogP contribution in [0.1, 0.15) is 68.6 Å². The van der Waals surface area contributed by atoms with Crippen molar-refractivity contribution in [3.8, 4) is 0 Å². The number of fused-ring (bicyclic) bond motifs is 2. The third-order valence-corrected chi connectivity index (χ3v) is 7.99. The van der Waals surface area contributed by atoms with Crippen molar-refractivity contribution in [3.05, 3.63) is 35.6 Å². The number of nitrogens with zero attached hydrogens (tertiary/aromatic N) is 1. The summed E-state index contributed by atoms with van der Waals surface area (Å²) in [7, 11) is 0. The summed E-state index contributed by atoms with van der Waals surface area (Å²) >= 11 is 0. The van der Waals surface area contributed by atoms with Gasteiger partial charge in [0.2, 0.25) is 5.91 Å². The van der Waals surface area contributed by atoms with Gasteiger partial charge < -0.3 is 10.1 Å². The molecular formula is C24H31FN2O3. The van der Waals surface area contributed by atoms with Crippen LogP contribution in [0.2, 0.25) is 0 Å². The van der Waals surface area contributed by atoms with E-state index >= 15 is 0 Å². The first-order valence-corrected chi connectivity index (χ1v) is 11.5. The molecular weight excluding hydrogens is 383 g/mol. The second-order valence-corrected chi connectivity index (χ2v) is 9.93. The number of amides is 2. The highest BCUT2D eigenvalue weighted by Gasteiger charge is 2.54. The summed E-state index contributed by atoms with van der Waals surface area (Å²) in [5.74, 6) is 1.18. The van der Waals surface area contributed by atoms with Gasteiger partial charge >= 0.3 is 0 Å². The van der Waals surface area contributed by atoms with E-state index < -0.39 is 11.8 Å². The lowest BCUT2D eigenvalue weighted by Gasteiger charge is -2.43. The lowest BCUT2D eigenvalue weighted by atomic mass is 9.83. The Morgan fingerprint density at radius 2 is 1.83 bits per heavy atom. The van der Waals surface area contributed by atoms with Gasteiger partial charge in [0.15, 0.2) is 0 Å². The van der Waals surface area contributed by atoms with Crippen molar-refractivity contribution in [3.63, 3.8) is 0 Å². The van der Waals surface area contributed by atoms with Crippen molar-refractivity contribution in [1.29, 1.82) is 0 Å². The molecule has 4 unspecified atom stereocenters. The average Bonchev–Trinajstić information content (AvgIpc) is 3.45. The lowest BCUT2D eigenvalue weighted by Crippen LogP contribution is -2.58. The lowest BCUT2D eigenvalue weighted by molar-refractivity contribution is -0.128. The molecule has 2 amide bonds. The predicted molar refractivity (Wildman–Crippen MR) is 110 cm³/mol. The maximum atomic E-state index is 13.5. The van der Waals surface area contributed by atoms with Crippen LogP contribution >= 0.6 is 0 Å². The zero-order valence-corrected chi connectivity index (χ0v) is 17.6. The number of ether oxygens (including phenoxy) is 1. The number of nitrogens with one attached hydrogen (secondary N) is 1. The van der Waals surface area contributed by atoms with Crippen molar-refractivity contribution >= 4 is 11.8 Å². The highest BCUT2D eigenvalue weighted by Crippen LogP contribution is 2.45. The summed E-state index contributed by atoms with van der Waals surface area (Å²) in [4.78, 5) is 28.5. The van der Waals surface area contributed by atoms with Crippen LogP contribution in [-0.4, -0.2) is 41.1 Å². The molecule has 3 saturated carbocycles. The standard InChI is InChI=1S/C24H31FN2O3/c1-15-8-10-24(11-9-15)27(23(29)17-4-6-19(25)7-5-17)21(14-30-24)22(28)26-20-13-16-2-3-18(20)12-16/h4-7,15-16,18,20-21H,2-3,8-14H2,1H3,(H,26,28). The molecule has 4 aliphatic rings. The van der Waals surface area contributed by atoms with Gasteiger partial charge in [0.05, 0.1) is 6.61 Å². The molecule has 1 heterocycles. The molecule has 6 heteroatoms. The van der Waals surface area contributed by atoms with Crippen LogP contribution in [-0.2, 0) is 9.53 Å². The van der Waals surface area contributed by atoms with E-state index in [9.17, 15) is 14.0 Å². The zero-order valence-electron chi connectivity index (χ0n) is 17.6. The summed E-state index contributed by atoms with van der Waals surface area (Å²) in [6, 6.07) is 5.19. The summed E-state index contributed by atoms with van der Waals surface area (Å²) in [5, 5.41) is 3.26. The fourth-order valence-corrected chi connectivity index (χ4v) is 6.21. The molecule has 3 aliphatic carbocycles. The maximum absolute atomic E-state index is 13.5. The van der Waals surface area contributed by atoms with E-state index in [-0.39, 0.29) is 30.3 Å². The Labute approximate surface area is 177 Å². The van der Waals surface area contributed by atoms with Gasteiger partial charge in [-0.05, 0) is 87.0 Å². The molecule has 1 N–H and O–H groups in total. The molecule has 1 spiro atoms. The normalized spacial score (nSPS) is 37.7. The van der Waals surface area contributed by atoms with Crippen molar-refractivity contribution in [2.45, 2.75) is 76.1 Å². The van der Waals surface area contributed by atoms with E-state index in [0.29, 0.717) is 17.4 Å². The smallest absolute Gasteiger partial charge is 0.256 e. The molecule has 1 aliphatic heterocycles. The van der Waals surface area contributed by atoms with E-state index in [0.717, 1.165) is 38.0 Å². The number of halogens is 1. The Bertz CT molecular complexity index is 818. The topological polar surface area (TPSA) is 58.6 Å². The van der Waals surface area contributed by atoms with Crippen LogP contribution in [0.4, 0.5) is 4.39 Å². The summed E-state index contributed by atoms with van der Waals surface area (Å²) in [5.41, 5.74) is -0.327. The minimum Gasteiger partial charge on any atom is -0.353 e. The van der Waals surface area contributed by atoms with E-state index in [4.69, 9.17) is 4.74 Å². The molecule has 30 heavy (non-hydrogen) atoms. The van der Waals surface area contributed by atoms with E-state index in [1.165, 1.54) is 43.5 Å². The minimum atomic E-state index is -0.728. The summed E-state index contributed by atoms with van der Waals surface area (Å²) < 4.78 is 19.6. The fourth-order valence-electron chi connectivity index (χ4n) is 6.21. The van der Waals surface area contributed by atoms with Crippen LogP contribution in [0.5, 0.6) is 0 Å². The van der Waals surface area contributed by atoms with Crippen molar-refractivity contribution in [2.75, 3.05) is 6.61 Å². The van der Waals surface area contributed by atoms with Crippen molar-refractivity contribution < 1.29 is 18.7 Å². The fraction of sp³-hybridized carbons (Fsp3) is 0.667. The minimum absolute atomic E-state index is 0.0986. The van der Waals surface area contributed by atoms with E-state index in [1.54, 1.807) is 4.90 Å². The Balaban J connectivity index is 1.40. The zero-order chi connectivity index (χ0) is 20.9. The quantitative estimate of drug-likeness (QED) is 0.817. The SMILES string of the molecule is CC1CCC2(CC1)OCC(C(=O)NC1CC3CCC1C3)N2C(=O)c1ccc(F)cc1. The van der Waals surface area contributed by atoms with Crippen LogP contribution in [0, 0.1) is 23.6 Å². The van der Waals surface area contributed by atoms with Gasteiger partial charge in [-0.1, -0.05) is 13.3 Å². The first kappa shape index (κ1) is 20.0. The van der Waals surface area contributed by atoms with Gasteiger partial charge in [0, 0.05) is 11.6 Å². The highest BCUT2D eigenvalue weighted by molar-refractivity contribution is 5.98. The Morgan fingerprint density at radius 3 is 2.47 bits per heavy atom. The predicted octanol–water partition coefficient (Wildman–Crippen LogP) is 3.88. The molecule has 4 atom stereocenters. The average molecular weight is 415 g/mol. The molecule has 1 aromatic carbocycles. The number of carbonyl (C=O) groups is 2. The molecule has 5 rings (SSSR count). The third kappa shape index (κ3) is 3.43. The van der Waals surface area contributed by atoms with Crippen molar-refractivity contribution in [2.24, 2.45) is 17.8 Å². The molecule has 5 nitrogen and oxygen atoms in total. The van der Waals surface area contributed by atoms with Gasteiger partial charge in [-0.3, -0.25) is 14.5 Å². The first-order valence-electron chi connectivity index (χ1n) is 11.5. The molecule has 0 aromatic heterocycles. The highest BCUT2D eigenvalue weighted by atomic mass is 19.1. The van der Waals surface area contributed by atoms with Crippen LogP contribution < -0.4 is 5.32 Å². The summed E-state index contributed by atoms with van der Waals surface area (Å²) in [6.45, 7) is 2.45. The van der Waals surface area contributed by atoms with E-state index in [2.05, 4.69) is 12.2 Å². The second-order valence-electron chi connectivity index (χ2n) is 9.93. The molecule has 1 saturated heterocycles. The molecule has 0 radical (unpaired) electrons. The number of benzene rings is 1. The van der Waals surface area contributed by atoms with Crippen LogP contribution in [0.3, 0.4) is 0 Å². The molecule has 2 bridgehead atoms. The Hall–Kier alpha value is -1.95. The van der Waals surface area contributed by atoms with Crippen molar-refractivity contribution in [1.82, 2.24) is 10.2 Å². The maximum Gasteiger partial charge on any atom is 0.256 e. The number of hydrogen-bond acceptors (Lipinski definition) is 3. The Kier molecular flexibility index (Phi) is 5.08.